The largest absolute Gasteiger partial charge is 0.456 e. The molecule has 1 aromatic carbocycles. The van der Waals surface area contributed by atoms with Gasteiger partial charge < -0.3 is 10.1 Å². The van der Waals surface area contributed by atoms with Crippen molar-refractivity contribution in [2.24, 2.45) is 0 Å². The third kappa shape index (κ3) is 3.55. The average Bonchev–Trinajstić information content (AvgIpc) is 2.36. The Morgan fingerprint density at radius 1 is 1.21 bits per heavy atom. The lowest BCUT2D eigenvalue weighted by molar-refractivity contribution is 0.469. The summed E-state index contributed by atoms with van der Waals surface area (Å²) < 4.78 is 6.96. The van der Waals surface area contributed by atoms with E-state index in [1.807, 2.05) is 44.4 Å². The number of aromatic nitrogens is 1. The molecular weight excluding hydrogens is 304 g/mol. The van der Waals surface area contributed by atoms with Crippen molar-refractivity contribution in [3.05, 3.63) is 51.8 Å². The van der Waals surface area contributed by atoms with Gasteiger partial charge in [-0.2, -0.15) is 0 Å². The Labute approximate surface area is 122 Å². The van der Waals surface area contributed by atoms with Crippen molar-refractivity contribution in [1.82, 2.24) is 10.3 Å². The standard InChI is InChI=1S/C15H17BrN2O/c1-10-4-5-14(13(16)6-10)19-15-7-11(2)18-9-12(15)8-17-3/h4-7,9,17H,8H2,1-3H3. The van der Waals surface area contributed by atoms with Crippen LogP contribution in [0.15, 0.2) is 34.9 Å². The molecule has 0 unspecified atom stereocenters. The minimum absolute atomic E-state index is 0.728. The zero-order valence-electron chi connectivity index (χ0n) is 11.3. The van der Waals surface area contributed by atoms with E-state index in [1.54, 1.807) is 0 Å². The highest BCUT2D eigenvalue weighted by atomic mass is 79.9. The highest BCUT2D eigenvalue weighted by molar-refractivity contribution is 9.10. The van der Waals surface area contributed by atoms with Crippen LogP contribution in [0.1, 0.15) is 16.8 Å². The van der Waals surface area contributed by atoms with E-state index in [1.165, 1.54) is 5.56 Å². The summed E-state index contributed by atoms with van der Waals surface area (Å²) in [6, 6.07) is 8.00. The molecule has 0 bridgehead atoms. The van der Waals surface area contributed by atoms with E-state index in [0.29, 0.717) is 0 Å². The maximum absolute atomic E-state index is 6.00. The highest BCUT2D eigenvalue weighted by Crippen LogP contribution is 2.32. The van der Waals surface area contributed by atoms with E-state index < -0.39 is 0 Å². The number of halogens is 1. The second-order valence-electron chi connectivity index (χ2n) is 4.50. The third-order valence-corrected chi connectivity index (χ3v) is 3.37. The minimum atomic E-state index is 0.728. The molecule has 0 saturated heterocycles. The van der Waals surface area contributed by atoms with Crippen molar-refractivity contribution in [3.8, 4) is 11.5 Å². The molecule has 2 rings (SSSR count). The first-order valence-electron chi connectivity index (χ1n) is 6.14. The Hall–Kier alpha value is -1.39. The second kappa shape index (κ2) is 6.17. The molecule has 1 aromatic heterocycles. The summed E-state index contributed by atoms with van der Waals surface area (Å²) in [7, 11) is 1.91. The predicted octanol–water partition coefficient (Wildman–Crippen LogP) is 3.97. The van der Waals surface area contributed by atoms with Crippen LogP contribution in [0, 0.1) is 13.8 Å². The van der Waals surface area contributed by atoms with Gasteiger partial charge in [-0.25, -0.2) is 0 Å². The number of aryl methyl sites for hydroxylation is 2. The summed E-state index contributed by atoms with van der Waals surface area (Å²) in [5, 5.41) is 3.12. The van der Waals surface area contributed by atoms with Gasteiger partial charge in [0.2, 0.25) is 0 Å². The Morgan fingerprint density at radius 3 is 2.68 bits per heavy atom. The van der Waals surface area contributed by atoms with Gasteiger partial charge in [0.05, 0.1) is 4.47 Å². The summed E-state index contributed by atoms with van der Waals surface area (Å²) in [4.78, 5) is 4.30. The van der Waals surface area contributed by atoms with Gasteiger partial charge in [0.15, 0.2) is 0 Å². The average molecular weight is 321 g/mol. The molecule has 1 heterocycles. The van der Waals surface area contributed by atoms with E-state index >= 15 is 0 Å². The Bertz CT molecular complexity index is 584. The maximum Gasteiger partial charge on any atom is 0.141 e. The molecule has 0 atom stereocenters. The second-order valence-corrected chi connectivity index (χ2v) is 5.35. The van der Waals surface area contributed by atoms with Crippen molar-refractivity contribution in [2.45, 2.75) is 20.4 Å². The fourth-order valence-corrected chi connectivity index (χ4v) is 2.36. The molecule has 0 aliphatic heterocycles. The van der Waals surface area contributed by atoms with Gasteiger partial charge in [0.1, 0.15) is 11.5 Å². The maximum atomic E-state index is 6.00. The fourth-order valence-electron chi connectivity index (χ4n) is 1.79. The molecule has 19 heavy (non-hydrogen) atoms. The summed E-state index contributed by atoms with van der Waals surface area (Å²) in [6.07, 6.45) is 1.85. The number of nitrogens with zero attached hydrogens (tertiary/aromatic N) is 1. The van der Waals surface area contributed by atoms with Crippen LogP contribution in [0.2, 0.25) is 0 Å². The van der Waals surface area contributed by atoms with Crippen molar-refractivity contribution >= 4 is 15.9 Å². The van der Waals surface area contributed by atoms with Crippen molar-refractivity contribution in [1.29, 1.82) is 0 Å². The van der Waals surface area contributed by atoms with Gasteiger partial charge in [0, 0.05) is 30.1 Å². The molecule has 0 radical (unpaired) electrons. The van der Waals surface area contributed by atoms with E-state index in [9.17, 15) is 0 Å². The Morgan fingerprint density at radius 2 is 2.00 bits per heavy atom. The molecule has 0 aliphatic carbocycles. The number of rotatable bonds is 4. The first-order valence-corrected chi connectivity index (χ1v) is 6.93. The number of pyridine rings is 1. The molecule has 0 spiro atoms. The predicted molar refractivity (Wildman–Crippen MR) is 80.7 cm³/mol. The first-order chi connectivity index (χ1) is 9.10. The summed E-state index contributed by atoms with van der Waals surface area (Å²) in [5.74, 6) is 1.65. The van der Waals surface area contributed by atoms with Gasteiger partial charge in [-0.15, -0.1) is 0 Å². The quantitative estimate of drug-likeness (QED) is 0.925. The van der Waals surface area contributed by atoms with Crippen molar-refractivity contribution in [3.63, 3.8) is 0 Å². The molecule has 0 fully saturated rings. The van der Waals surface area contributed by atoms with Crippen molar-refractivity contribution in [2.75, 3.05) is 7.05 Å². The van der Waals surface area contributed by atoms with Crippen LogP contribution in [0.3, 0.4) is 0 Å². The molecule has 2 aromatic rings. The van der Waals surface area contributed by atoms with Crippen LogP contribution >= 0.6 is 15.9 Å². The number of hydrogen-bond donors (Lipinski definition) is 1. The Kier molecular flexibility index (Phi) is 4.56. The van der Waals surface area contributed by atoms with Gasteiger partial charge in [-0.3, -0.25) is 4.98 Å². The van der Waals surface area contributed by atoms with Crippen LogP contribution in [-0.4, -0.2) is 12.0 Å². The summed E-state index contributed by atoms with van der Waals surface area (Å²) in [6.45, 7) is 4.74. The normalized spacial score (nSPS) is 10.5. The molecule has 0 saturated carbocycles. The monoisotopic (exact) mass is 320 g/mol. The molecule has 3 nitrogen and oxygen atoms in total. The van der Waals surface area contributed by atoms with Gasteiger partial charge in [-0.1, -0.05) is 6.07 Å². The topological polar surface area (TPSA) is 34.2 Å². The molecule has 0 amide bonds. The van der Waals surface area contributed by atoms with Gasteiger partial charge in [0.25, 0.3) is 0 Å². The third-order valence-electron chi connectivity index (χ3n) is 2.76. The van der Waals surface area contributed by atoms with Crippen molar-refractivity contribution < 1.29 is 4.74 Å². The van der Waals surface area contributed by atoms with Gasteiger partial charge in [-0.05, 0) is 54.5 Å². The van der Waals surface area contributed by atoms with E-state index in [4.69, 9.17) is 4.74 Å². The van der Waals surface area contributed by atoms with E-state index in [-0.39, 0.29) is 0 Å². The molecule has 1 N–H and O–H groups in total. The van der Waals surface area contributed by atoms with E-state index in [2.05, 4.69) is 33.2 Å². The van der Waals surface area contributed by atoms with Crippen LogP contribution in [0.25, 0.3) is 0 Å². The number of hydrogen-bond acceptors (Lipinski definition) is 3. The summed E-state index contributed by atoms with van der Waals surface area (Å²) >= 11 is 3.53. The fraction of sp³-hybridized carbons (Fsp3) is 0.267. The summed E-state index contributed by atoms with van der Waals surface area (Å²) in [5.41, 5.74) is 3.18. The first kappa shape index (κ1) is 14.0. The molecule has 0 aliphatic rings. The van der Waals surface area contributed by atoms with Crippen LogP contribution in [0.4, 0.5) is 0 Å². The Balaban J connectivity index is 2.33. The number of ether oxygens (including phenoxy) is 1. The van der Waals surface area contributed by atoms with Gasteiger partial charge >= 0.3 is 0 Å². The molecule has 4 heteroatoms. The SMILES string of the molecule is CNCc1cnc(C)cc1Oc1ccc(C)cc1Br. The van der Waals surface area contributed by atoms with Crippen LogP contribution < -0.4 is 10.1 Å². The zero-order valence-corrected chi connectivity index (χ0v) is 12.9. The van der Waals surface area contributed by atoms with Crippen LogP contribution in [0.5, 0.6) is 11.5 Å². The lowest BCUT2D eigenvalue weighted by Crippen LogP contribution is -2.07. The smallest absolute Gasteiger partial charge is 0.141 e. The number of benzene rings is 1. The van der Waals surface area contributed by atoms with E-state index in [0.717, 1.165) is 33.8 Å². The highest BCUT2D eigenvalue weighted by Gasteiger charge is 2.08. The molecular formula is C15H17BrN2O. The lowest BCUT2D eigenvalue weighted by Gasteiger charge is -2.13. The van der Waals surface area contributed by atoms with Crippen LogP contribution in [-0.2, 0) is 6.54 Å². The molecule has 100 valence electrons. The lowest BCUT2D eigenvalue weighted by atomic mass is 10.2. The number of nitrogens with one attached hydrogen (secondary N) is 1. The zero-order chi connectivity index (χ0) is 13.8. The minimum Gasteiger partial charge on any atom is -0.456 e.